The van der Waals surface area contributed by atoms with Gasteiger partial charge in [-0.25, -0.2) is 0 Å². The van der Waals surface area contributed by atoms with Gasteiger partial charge in [0.25, 0.3) is 0 Å². The molecule has 0 spiro atoms. The minimum absolute atomic E-state index is 0.975. The molecule has 0 bridgehead atoms. The van der Waals surface area contributed by atoms with Crippen LogP contribution in [0.3, 0.4) is 0 Å². The Kier molecular flexibility index (Phi) is 5.91. The number of fused-ring (bicyclic) bond motifs is 2. The van der Waals surface area contributed by atoms with Crippen LogP contribution < -0.4 is 0 Å². The largest absolute Gasteiger partial charge is 0.522 e. The Labute approximate surface area is 166 Å². The summed E-state index contributed by atoms with van der Waals surface area (Å²) in [5.41, 5.74) is -2.75. The summed E-state index contributed by atoms with van der Waals surface area (Å²) in [6.45, 7) is 0. The molecule has 7 heteroatoms. The van der Waals surface area contributed by atoms with E-state index in [0.717, 1.165) is 6.42 Å². The first-order valence-electron chi connectivity index (χ1n) is 8.64. The van der Waals surface area contributed by atoms with Crippen LogP contribution >= 0.6 is 0 Å². The van der Waals surface area contributed by atoms with Crippen LogP contribution in [0.1, 0.15) is 11.1 Å². The minimum atomic E-state index is -5.84. The van der Waals surface area contributed by atoms with Gasteiger partial charge in [-0.2, -0.15) is 21.6 Å². The number of halogens is 3. The van der Waals surface area contributed by atoms with Crippen molar-refractivity contribution in [2.24, 2.45) is 0 Å². The third kappa shape index (κ3) is 4.93. The number of hydrogen-bond acceptors (Lipinski definition) is 2. The van der Waals surface area contributed by atoms with Crippen LogP contribution in [-0.4, -0.2) is 18.5 Å². The smallest absolute Gasteiger partial charge is 0.279 e. The fourth-order valence-corrected chi connectivity index (χ4v) is 3.10. The van der Waals surface area contributed by atoms with Crippen molar-refractivity contribution in [1.82, 2.24) is 0 Å². The van der Waals surface area contributed by atoms with E-state index < -0.39 is 15.6 Å². The second-order valence-electron chi connectivity index (χ2n) is 6.37. The van der Waals surface area contributed by atoms with Gasteiger partial charge in [0.1, 0.15) is 0 Å². The maximum absolute atomic E-state index is 10.7. The van der Waals surface area contributed by atoms with E-state index in [-0.39, 0.29) is 0 Å². The van der Waals surface area contributed by atoms with E-state index in [1.807, 2.05) is 0 Å². The van der Waals surface area contributed by atoms with E-state index in [4.69, 9.17) is 13.0 Å². The number of rotatable bonds is 2. The van der Waals surface area contributed by atoms with Crippen LogP contribution in [-0.2, 0) is 16.5 Å². The molecule has 0 aliphatic carbocycles. The number of alkyl halides is 3. The molecule has 0 fully saturated rings. The highest BCUT2D eigenvalue weighted by Gasteiger charge is 2.44. The minimum Gasteiger partial charge on any atom is -0.279 e. The molecule has 0 aliphatic heterocycles. The van der Waals surface area contributed by atoms with Crippen LogP contribution in [0.5, 0.6) is 0 Å². The van der Waals surface area contributed by atoms with Crippen molar-refractivity contribution in [3.63, 3.8) is 0 Å². The Morgan fingerprint density at radius 3 is 1.38 bits per heavy atom. The zero-order chi connectivity index (χ0) is 21.1. The summed E-state index contributed by atoms with van der Waals surface area (Å²) >= 11 is 0. The molecule has 29 heavy (non-hydrogen) atoms. The van der Waals surface area contributed by atoms with Crippen LogP contribution in [0.4, 0.5) is 13.2 Å². The van der Waals surface area contributed by atoms with Crippen molar-refractivity contribution >= 4 is 31.7 Å². The van der Waals surface area contributed by atoms with Crippen LogP contribution in [0.2, 0.25) is 0 Å². The lowest BCUT2D eigenvalue weighted by molar-refractivity contribution is -0.0510. The Bertz CT molecular complexity index is 1160. The zero-order valence-corrected chi connectivity index (χ0v) is 15.9. The van der Waals surface area contributed by atoms with Crippen LogP contribution in [0, 0.1) is 0 Å². The predicted octanol–water partition coefficient (Wildman–Crippen LogP) is 5.98. The van der Waals surface area contributed by atoms with Gasteiger partial charge in [-0.05, 0) is 39.1 Å². The predicted molar refractivity (Wildman–Crippen MR) is 108 cm³/mol. The van der Waals surface area contributed by atoms with Gasteiger partial charge in [-0.15, -0.1) is 0 Å². The molecule has 0 amide bonds. The molecule has 4 aromatic carbocycles. The molecule has 150 valence electrons. The van der Waals surface area contributed by atoms with E-state index >= 15 is 0 Å². The summed E-state index contributed by atoms with van der Waals surface area (Å²) in [6, 6.07) is 30.4. The van der Waals surface area contributed by atoms with Crippen molar-refractivity contribution in [2.75, 3.05) is 0 Å². The number of benzene rings is 4. The standard InChI is InChI=1S/C21H16.CHF3O3S/c1-3-13-20-16(7-1)9-5-11-18(20)15-19-12-6-10-17-8-2-4-14-21(17)19;2-1(3,4)8(5,6)7/h1-14H,15H2;(H,5,6,7). The molecular formula is C22H17F3O3S. The van der Waals surface area contributed by atoms with E-state index in [9.17, 15) is 13.2 Å². The molecule has 0 atom stereocenters. The van der Waals surface area contributed by atoms with Crippen LogP contribution in [0.15, 0.2) is 84.9 Å². The summed E-state index contributed by atoms with van der Waals surface area (Å²) in [4.78, 5) is 0. The van der Waals surface area contributed by atoms with E-state index in [2.05, 4.69) is 84.9 Å². The monoisotopic (exact) mass is 418 g/mol. The first kappa shape index (κ1) is 20.8. The molecule has 0 heterocycles. The third-order valence-electron chi connectivity index (χ3n) is 4.43. The van der Waals surface area contributed by atoms with Gasteiger partial charge in [0.2, 0.25) is 0 Å². The molecule has 1 N–H and O–H groups in total. The first-order valence-corrected chi connectivity index (χ1v) is 10.1. The molecule has 4 rings (SSSR count). The fraction of sp³-hybridized carbons (Fsp3) is 0.0909. The number of hydrogen-bond donors (Lipinski definition) is 1. The van der Waals surface area contributed by atoms with Crippen molar-refractivity contribution in [3.05, 3.63) is 96.1 Å². The second-order valence-corrected chi connectivity index (χ2v) is 7.79. The van der Waals surface area contributed by atoms with E-state index in [1.54, 1.807) is 0 Å². The van der Waals surface area contributed by atoms with Gasteiger partial charge in [0.15, 0.2) is 0 Å². The SMILES string of the molecule is O=S(=O)(O)C(F)(F)F.c1ccc2c(Cc3cccc4ccccc34)cccc2c1. The molecular weight excluding hydrogens is 401 g/mol. The lowest BCUT2D eigenvalue weighted by Gasteiger charge is -2.09. The topological polar surface area (TPSA) is 54.4 Å². The highest BCUT2D eigenvalue weighted by Crippen LogP contribution is 2.25. The molecule has 0 saturated carbocycles. The molecule has 0 radical (unpaired) electrons. The van der Waals surface area contributed by atoms with E-state index in [1.165, 1.54) is 32.7 Å². The Hall–Kier alpha value is -2.90. The first-order chi connectivity index (χ1) is 13.7. The second kappa shape index (κ2) is 8.23. The fourth-order valence-electron chi connectivity index (χ4n) is 3.10. The Balaban J connectivity index is 0.000000258. The molecule has 0 aromatic heterocycles. The Morgan fingerprint density at radius 1 is 0.655 bits per heavy atom. The van der Waals surface area contributed by atoms with Crippen molar-refractivity contribution in [1.29, 1.82) is 0 Å². The summed E-state index contributed by atoms with van der Waals surface area (Å²) in [6.07, 6.45) is 0.975. The normalized spacial score (nSPS) is 11.9. The molecule has 3 nitrogen and oxygen atoms in total. The third-order valence-corrected chi connectivity index (χ3v) is 5.02. The van der Waals surface area contributed by atoms with E-state index in [0.29, 0.717) is 0 Å². The van der Waals surface area contributed by atoms with Crippen molar-refractivity contribution in [2.45, 2.75) is 11.9 Å². The summed E-state index contributed by atoms with van der Waals surface area (Å²) in [5.74, 6) is 0. The molecule has 0 unspecified atom stereocenters. The average molecular weight is 418 g/mol. The van der Waals surface area contributed by atoms with Crippen LogP contribution in [0.25, 0.3) is 21.5 Å². The maximum Gasteiger partial charge on any atom is 0.522 e. The summed E-state index contributed by atoms with van der Waals surface area (Å²) < 4.78 is 57.5. The van der Waals surface area contributed by atoms with Gasteiger partial charge >= 0.3 is 15.6 Å². The zero-order valence-electron chi connectivity index (χ0n) is 15.1. The molecule has 0 saturated heterocycles. The average Bonchev–Trinajstić information content (AvgIpc) is 2.68. The summed E-state index contributed by atoms with van der Waals surface area (Å²) in [7, 11) is -5.84. The van der Waals surface area contributed by atoms with Gasteiger partial charge in [0, 0.05) is 0 Å². The highest BCUT2D eigenvalue weighted by atomic mass is 32.2. The quantitative estimate of drug-likeness (QED) is 0.322. The van der Waals surface area contributed by atoms with Gasteiger partial charge in [-0.1, -0.05) is 84.9 Å². The van der Waals surface area contributed by atoms with Crippen molar-refractivity contribution in [3.8, 4) is 0 Å². The van der Waals surface area contributed by atoms with Crippen molar-refractivity contribution < 1.29 is 26.1 Å². The maximum atomic E-state index is 10.7. The molecule has 0 aliphatic rings. The highest BCUT2D eigenvalue weighted by molar-refractivity contribution is 7.86. The lowest BCUT2D eigenvalue weighted by Crippen LogP contribution is -2.21. The van der Waals surface area contributed by atoms with Gasteiger partial charge < -0.3 is 0 Å². The lowest BCUT2D eigenvalue weighted by atomic mass is 9.95. The molecule has 4 aromatic rings. The Morgan fingerprint density at radius 2 is 1.00 bits per heavy atom. The summed E-state index contributed by atoms with van der Waals surface area (Å²) in [5, 5.41) is 5.34. The van der Waals surface area contributed by atoms with Gasteiger partial charge in [-0.3, -0.25) is 4.55 Å². The van der Waals surface area contributed by atoms with Gasteiger partial charge in [0.05, 0.1) is 0 Å².